The van der Waals surface area contributed by atoms with E-state index < -0.39 is 9.05 Å². The van der Waals surface area contributed by atoms with Crippen LogP contribution < -0.4 is 5.32 Å². The van der Waals surface area contributed by atoms with Crippen molar-refractivity contribution in [1.82, 2.24) is 14.9 Å². The van der Waals surface area contributed by atoms with Crippen LogP contribution in [0, 0.1) is 6.92 Å². The summed E-state index contributed by atoms with van der Waals surface area (Å²) in [5.41, 5.74) is 0. The molecule has 1 fully saturated rings. The van der Waals surface area contributed by atoms with Gasteiger partial charge in [0.15, 0.2) is 5.03 Å². The van der Waals surface area contributed by atoms with E-state index in [2.05, 4.69) is 10.3 Å². The van der Waals surface area contributed by atoms with Crippen molar-refractivity contribution < 1.29 is 13.2 Å². The Morgan fingerprint density at radius 1 is 1.61 bits per heavy atom. The lowest BCUT2D eigenvalue weighted by Crippen LogP contribution is -2.26. The van der Waals surface area contributed by atoms with E-state index in [1.54, 1.807) is 11.5 Å². The zero-order valence-corrected chi connectivity index (χ0v) is 11.5. The lowest BCUT2D eigenvalue weighted by Gasteiger charge is -2.05. The smallest absolute Gasteiger partial charge is 0.280 e. The van der Waals surface area contributed by atoms with Gasteiger partial charge in [-0.3, -0.25) is 4.79 Å². The number of nitrogens with one attached hydrogen (secondary N) is 1. The fourth-order valence-corrected chi connectivity index (χ4v) is 2.29. The maximum atomic E-state index is 11.5. The Kier molecular flexibility index (Phi) is 3.63. The molecule has 1 amide bonds. The average Bonchev–Trinajstić information content (AvgIpc) is 2.96. The number of hydrogen-bond acceptors (Lipinski definition) is 4. The fraction of sp³-hybridized carbons (Fsp3) is 0.600. The molecule has 0 aromatic carbocycles. The molecule has 1 N–H and O–H groups in total. The van der Waals surface area contributed by atoms with E-state index in [1.807, 2.05) is 0 Å². The summed E-state index contributed by atoms with van der Waals surface area (Å²) in [5, 5.41) is 2.69. The van der Waals surface area contributed by atoms with Gasteiger partial charge in [-0.25, -0.2) is 13.4 Å². The highest BCUT2D eigenvalue weighted by molar-refractivity contribution is 8.13. The molecular weight excluding hydrogens is 278 g/mol. The van der Waals surface area contributed by atoms with Crippen LogP contribution in [0.3, 0.4) is 0 Å². The first-order chi connectivity index (χ1) is 8.36. The molecular formula is C10H14ClN3O3S. The van der Waals surface area contributed by atoms with Crippen LogP contribution in [0.1, 0.15) is 25.1 Å². The fourth-order valence-electron chi connectivity index (χ4n) is 1.57. The van der Waals surface area contributed by atoms with Crippen LogP contribution in [-0.4, -0.2) is 29.9 Å². The molecule has 8 heteroatoms. The van der Waals surface area contributed by atoms with Crippen molar-refractivity contribution in [1.29, 1.82) is 0 Å². The van der Waals surface area contributed by atoms with Crippen LogP contribution in [0.2, 0.25) is 0 Å². The van der Waals surface area contributed by atoms with E-state index in [-0.39, 0.29) is 10.9 Å². The normalized spacial score (nSPS) is 15.7. The van der Waals surface area contributed by atoms with Crippen molar-refractivity contribution in [2.24, 2.45) is 0 Å². The largest absolute Gasteiger partial charge is 0.353 e. The highest BCUT2D eigenvalue weighted by atomic mass is 35.7. The van der Waals surface area contributed by atoms with E-state index in [1.165, 1.54) is 6.20 Å². The second-order valence-electron chi connectivity index (χ2n) is 4.35. The molecule has 0 spiro atoms. The van der Waals surface area contributed by atoms with Gasteiger partial charge >= 0.3 is 0 Å². The second kappa shape index (κ2) is 4.89. The lowest BCUT2D eigenvalue weighted by atomic mass is 10.4. The molecule has 1 aliphatic carbocycles. The Bertz CT molecular complexity index is 563. The minimum atomic E-state index is -3.81. The molecule has 1 aromatic heterocycles. The molecule has 6 nitrogen and oxygen atoms in total. The predicted octanol–water partition coefficient (Wildman–Crippen LogP) is 0.788. The maximum absolute atomic E-state index is 11.5. The van der Waals surface area contributed by atoms with E-state index in [0.29, 0.717) is 24.8 Å². The van der Waals surface area contributed by atoms with Crippen LogP contribution in [-0.2, 0) is 20.4 Å². The van der Waals surface area contributed by atoms with Crippen molar-refractivity contribution >= 4 is 25.6 Å². The molecule has 0 bridgehead atoms. The number of nitrogens with zero attached hydrogens (tertiary/aromatic N) is 2. The van der Waals surface area contributed by atoms with E-state index in [9.17, 15) is 13.2 Å². The van der Waals surface area contributed by atoms with Gasteiger partial charge in [-0.2, -0.15) is 0 Å². The molecule has 2 rings (SSSR count). The predicted molar refractivity (Wildman–Crippen MR) is 65.8 cm³/mol. The highest BCUT2D eigenvalue weighted by Crippen LogP contribution is 2.19. The summed E-state index contributed by atoms with van der Waals surface area (Å²) < 4.78 is 23.8. The number of hydrogen-bond donors (Lipinski definition) is 1. The molecule has 100 valence electrons. The van der Waals surface area contributed by atoms with Crippen LogP contribution in [0.15, 0.2) is 11.2 Å². The Morgan fingerprint density at radius 3 is 2.78 bits per heavy atom. The number of imidazole rings is 1. The first-order valence-electron chi connectivity index (χ1n) is 5.64. The number of carbonyl (C=O) groups is 1. The van der Waals surface area contributed by atoms with Crippen molar-refractivity contribution in [3.8, 4) is 0 Å². The highest BCUT2D eigenvalue weighted by Gasteiger charge is 2.23. The number of aromatic nitrogens is 2. The first kappa shape index (κ1) is 13.4. The summed E-state index contributed by atoms with van der Waals surface area (Å²) in [6.45, 7) is 2.06. The van der Waals surface area contributed by atoms with Gasteiger partial charge in [-0.1, -0.05) is 0 Å². The number of aryl methyl sites for hydroxylation is 2. The van der Waals surface area contributed by atoms with Crippen molar-refractivity contribution in [3.05, 3.63) is 12.0 Å². The zero-order valence-electron chi connectivity index (χ0n) is 9.89. The Morgan fingerprint density at radius 2 is 2.28 bits per heavy atom. The van der Waals surface area contributed by atoms with Crippen LogP contribution in [0.25, 0.3) is 0 Å². The van der Waals surface area contributed by atoms with Gasteiger partial charge in [0.1, 0.15) is 5.82 Å². The molecule has 1 saturated carbocycles. The van der Waals surface area contributed by atoms with Crippen LogP contribution in [0.5, 0.6) is 0 Å². The third-order valence-corrected chi connectivity index (χ3v) is 3.90. The first-order valence-corrected chi connectivity index (χ1v) is 7.95. The van der Waals surface area contributed by atoms with E-state index >= 15 is 0 Å². The third kappa shape index (κ3) is 3.46. The quantitative estimate of drug-likeness (QED) is 0.813. The Balaban J connectivity index is 1.96. The molecule has 1 aromatic rings. The SMILES string of the molecule is Cc1nc(S(=O)(=O)Cl)cn1CCC(=O)NC1CC1. The van der Waals surface area contributed by atoms with Gasteiger partial charge in [0.2, 0.25) is 5.91 Å². The molecule has 0 atom stereocenters. The molecule has 18 heavy (non-hydrogen) atoms. The van der Waals surface area contributed by atoms with Gasteiger partial charge in [-0.15, -0.1) is 0 Å². The average molecular weight is 292 g/mol. The Hall–Kier alpha value is -1.08. The van der Waals surface area contributed by atoms with Gasteiger partial charge in [0, 0.05) is 35.9 Å². The minimum absolute atomic E-state index is 0.0270. The molecule has 0 saturated heterocycles. The number of halogens is 1. The standard InChI is InChI=1S/C10H14ClN3O3S/c1-7-12-10(18(11,16)17)6-14(7)5-4-9(15)13-8-2-3-8/h6,8H,2-5H2,1H3,(H,13,15). The summed E-state index contributed by atoms with van der Waals surface area (Å²) in [4.78, 5) is 15.3. The molecule has 0 unspecified atom stereocenters. The van der Waals surface area contributed by atoms with Gasteiger partial charge < -0.3 is 9.88 Å². The summed E-state index contributed by atoms with van der Waals surface area (Å²) in [6, 6.07) is 0.333. The van der Waals surface area contributed by atoms with Crippen molar-refractivity contribution in [2.45, 2.75) is 43.8 Å². The third-order valence-electron chi connectivity index (χ3n) is 2.73. The van der Waals surface area contributed by atoms with Gasteiger partial charge in [0.05, 0.1) is 0 Å². The minimum Gasteiger partial charge on any atom is -0.353 e. The zero-order chi connectivity index (χ0) is 13.3. The molecule has 1 heterocycles. The monoisotopic (exact) mass is 291 g/mol. The Labute approximate surface area is 110 Å². The lowest BCUT2D eigenvalue weighted by molar-refractivity contribution is -0.121. The van der Waals surface area contributed by atoms with Crippen LogP contribution in [0.4, 0.5) is 0 Å². The second-order valence-corrected chi connectivity index (χ2v) is 6.86. The summed E-state index contributed by atoms with van der Waals surface area (Å²) in [5.74, 6) is 0.495. The number of carbonyl (C=O) groups excluding carboxylic acids is 1. The van der Waals surface area contributed by atoms with Crippen molar-refractivity contribution in [2.75, 3.05) is 0 Å². The van der Waals surface area contributed by atoms with Crippen LogP contribution >= 0.6 is 10.7 Å². The van der Waals surface area contributed by atoms with Gasteiger partial charge in [0.25, 0.3) is 9.05 Å². The van der Waals surface area contributed by atoms with E-state index in [0.717, 1.165) is 12.8 Å². The summed E-state index contributed by atoms with van der Waals surface area (Å²) in [7, 11) is 1.39. The topological polar surface area (TPSA) is 81.1 Å². The number of amides is 1. The summed E-state index contributed by atoms with van der Waals surface area (Å²) >= 11 is 0. The molecule has 0 radical (unpaired) electrons. The molecule has 1 aliphatic rings. The molecule has 0 aliphatic heterocycles. The van der Waals surface area contributed by atoms with E-state index in [4.69, 9.17) is 10.7 Å². The maximum Gasteiger partial charge on any atom is 0.280 e. The number of rotatable bonds is 5. The summed E-state index contributed by atoms with van der Waals surface area (Å²) in [6.07, 6.45) is 3.74. The van der Waals surface area contributed by atoms with Crippen molar-refractivity contribution in [3.63, 3.8) is 0 Å². The van der Waals surface area contributed by atoms with Gasteiger partial charge in [-0.05, 0) is 19.8 Å².